The molecule has 2 rings (SSSR count). The Bertz CT molecular complexity index is 466. The average Bonchev–Trinajstić information content (AvgIpc) is 2.92. The maximum absolute atomic E-state index is 12.1. The van der Waals surface area contributed by atoms with Crippen molar-refractivity contribution in [3.05, 3.63) is 11.6 Å². The van der Waals surface area contributed by atoms with E-state index in [1.54, 1.807) is 0 Å². The monoisotopic (exact) mass is 308 g/mol. The van der Waals surface area contributed by atoms with Gasteiger partial charge in [-0.1, -0.05) is 13.3 Å². The van der Waals surface area contributed by atoms with Crippen molar-refractivity contribution in [2.75, 3.05) is 32.7 Å². The molecule has 2 N–H and O–H groups in total. The molecule has 0 aliphatic carbocycles. The third kappa shape index (κ3) is 4.78. The molecule has 2 heterocycles. The number of H-pyrrole nitrogens is 1. The molecular formula is C15H28N6O. The van der Waals surface area contributed by atoms with Crippen LogP contribution in [-0.2, 0) is 11.3 Å². The summed E-state index contributed by atoms with van der Waals surface area (Å²) in [6.07, 6.45) is 2.15. The molecule has 1 aromatic rings. The first-order valence-electron chi connectivity index (χ1n) is 8.22. The maximum atomic E-state index is 12.1. The second kappa shape index (κ2) is 8.24. The molecule has 124 valence electrons. The van der Waals surface area contributed by atoms with Gasteiger partial charge in [-0.3, -0.25) is 19.7 Å². The van der Waals surface area contributed by atoms with E-state index in [9.17, 15) is 4.79 Å². The second-order valence-corrected chi connectivity index (χ2v) is 5.97. The zero-order chi connectivity index (χ0) is 15.9. The van der Waals surface area contributed by atoms with Crippen molar-refractivity contribution in [2.45, 2.75) is 46.2 Å². The van der Waals surface area contributed by atoms with Crippen LogP contribution in [0.1, 0.15) is 38.3 Å². The minimum absolute atomic E-state index is 0.0511. The molecule has 7 heteroatoms. The number of hydrogen-bond donors (Lipinski definition) is 2. The van der Waals surface area contributed by atoms with E-state index in [0.29, 0.717) is 0 Å². The number of amides is 1. The van der Waals surface area contributed by atoms with Crippen molar-refractivity contribution in [3.63, 3.8) is 0 Å². The quantitative estimate of drug-likeness (QED) is 0.719. The van der Waals surface area contributed by atoms with Gasteiger partial charge in [0.2, 0.25) is 5.91 Å². The van der Waals surface area contributed by atoms with Gasteiger partial charge in [0, 0.05) is 32.7 Å². The molecular weight excluding hydrogens is 280 g/mol. The molecule has 1 aromatic heterocycles. The summed E-state index contributed by atoms with van der Waals surface area (Å²) in [5.74, 6) is 1.84. The topological polar surface area (TPSA) is 77.2 Å². The first-order chi connectivity index (χ1) is 10.6. The number of aromatic amines is 1. The van der Waals surface area contributed by atoms with Crippen LogP contribution in [0.4, 0.5) is 0 Å². The smallest absolute Gasteiger partial charge is 0.237 e. The third-order valence-corrected chi connectivity index (χ3v) is 4.17. The Balaban J connectivity index is 1.72. The van der Waals surface area contributed by atoms with E-state index in [0.717, 1.165) is 63.8 Å². The van der Waals surface area contributed by atoms with Crippen molar-refractivity contribution in [3.8, 4) is 0 Å². The molecule has 0 saturated carbocycles. The van der Waals surface area contributed by atoms with Gasteiger partial charge in [-0.2, -0.15) is 5.10 Å². The van der Waals surface area contributed by atoms with Crippen LogP contribution >= 0.6 is 0 Å². The fourth-order valence-electron chi connectivity index (χ4n) is 2.67. The van der Waals surface area contributed by atoms with Gasteiger partial charge in [-0.15, -0.1) is 0 Å². The van der Waals surface area contributed by atoms with Crippen LogP contribution < -0.4 is 5.32 Å². The first-order valence-corrected chi connectivity index (χ1v) is 8.22. The van der Waals surface area contributed by atoms with Crippen LogP contribution in [0, 0.1) is 6.92 Å². The predicted molar refractivity (Wildman–Crippen MR) is 85.3 cm³/mol. The second-order valence-electron chi connectivity index (χ2n) is 5.97. The molecule has 1 amide bonds. The number of carbonyl (C=O) groups excluding carboxylic acids is 1. The number of hydrogen-bond acceptors (Lipinski definition) is 5. The van der Waals surface area contributed by atoms with E-state index in [-0.39, 0.29) is 11.9 Å². The number of unbranched alkanes of at least 4 members (excludes halogenated alkanes) is 1. The minimum atomic E-state index is -0.0511. The lowest BCUT2D eigenvalue weighted by atomic mass is 10.2. The van der Waals surface area contributed by atoms with Gasteiger partial charge in [-0.05, 0) is 20.3 Å². The number of aryl methyl sites for hydroxylation is 1. The largest absolute Gasteiger partial charge is 0.355 e. The lowest BCUT2D eigenvalue weighted by molar-refractivity contribution is -0.126. The lowest BCUT2D eigenvalue weighted by Crippen LogP contribution is -2.53. The predicted octanol–water partition coefficient (Wildman–Crippen LogP) is 0.536. The van der Waals surface area contributed by atoms with Crippen LogP contribution in [0.25, 0.3) is 0 Å². The minimum Gasteiger partial charge on any atom is -0.355 e. The summed E-state index contributed by atoms with van der Waals surface area (Å²) in [7, 11) is 0. The molecule has 0 spiro atoms. The molecule has 0 unspecified atom stereocenters. The third-order valence-electron chi connectivity index (χ3n) is 4.17. The Morgan fingerprint density at radius 1 is 1.36 bits per heavy atom. The molecule has 7 nitrogen and oxygen atoms in total. The average molecular weight is 308 g/mol. The zero-order valence-corrected chi connectivity index (χ0v) is 13.9. The molecule has 22 heavy (non-hydrogen) atoms. The Hall–Kier alpha value is -1.47. The Morgan fingerprint density at radius 2 is 2.09 bits per heavy atom. The summed E-state index contributed by atoms with van der Waals surface area (Å²) in [5.41, 5.74) is 0. The van der Waals surface area contributed by atoms with E-state index < -0.39 is 0 Å². The number of rotatable bonds is 7. The summed E-state index contributed by atoms with van der Waals surface area (Å²) in [6, 6.07) is -0.0511. The van der Waals surface area contributed by atoms with Crippen LogP contribution in [0.2, 0.25) is 0 Å². The number of aromatic nitrogens is 3. The standard InChI is InChI=1S/C15H28N6O/c1-4-5-6-16-15(22)12(2)21-9-7-20(8-10-21)11-14-17-13(3)18-19-14/h12H,4-11H2,1-3H3,(H,16,22)(H,17,18,19)/t12-/m0/s1. The fraction of sp³-hybridized carbons (Fsp3) is 0.800. The molecule has 0 bridgehead atoms. The van der Waals surface area contributed by atoms with E-state index in [2.05, 4.69) is 37.2 Å². The summed E-state index contributed by atoms with van der Waals surface area (Å²) < 4.78 is 0. The molecule has 1 aliphatic rings. The van der Waals surface area contributed by atoms with Crippen LogP contribution in [0.5, 0.6) is 0 Å². The van der Waals surface area contributed by atoms with Gasteiger partial charge in [0.05, 0.1) is 12.6 Å². The molecule has 1 aliphatic heterocycles. The van der Waals surface area contributed by atoms with Crippen LogP contribution in [0.15, 0.2) is 0 Å². The van der Waals surface area contributed by atoms with Crippen molar-refractivity contribution in [1.29, 1.82) is 0 Å². The molecule has 1 saturated heterocycles. The van der Waals surface area contributed by atoms with E-state index >= 15 is 0 Å². The normalized spacial score (nSPS) is 18.3. The number of nitrogens with zero attached hydrogens (tertiary/aromatic N) is 4. The molecule has 1 fully saturated rings. The maximum Gasteiger partial charge on any atom is 0.237 e. The zero-order valence-electron chi connectivity index (χ0n) is 13.9. The van der Waals surface area contributed by atoms with E-state index in [4.69, 9.17) is 0 Å². The van der Waals surface area contributed by atoms with Gasteiger partial charge >= 0.3 is 0 Å². The lowest BCUT2D eigenvalue weighted by Gasteiger charge is -2.36. The highest BCUT2D eigenvalue weighted by Crippen LogP contribution is 2.09. The van der Waals surface area contributed by atoms with Gasteiger partial charge < -0.3 is 5.32 Å². The SMILES string of the molecule is CCCCNC(=O)[C@H](C)N1CCN(Cc2n[nH]c(C)n2)CC1. The molecule has 0 radical (unpaired) electrons. The van der Waals surface area contributed by atoms with Gasteiger partial charge in [-0.25, -0.2) is 4.98 Å². The van der Waals surface area contributed by atoms with Crippen LogP contribution in [0.3, 0.4) is 0 Å². The van der Waals surface area contributed by atoms with Crippen LogP contribution in [-0.4, -0.2) is 69.7 Å². The highest BCUT2D eigenvalue weighted by atomic mass is 16.2. The van der Waals surface area contributed by atoms with Crippen molar-refractivity contribution in [2.24, 2.45) is 0 Å². The van der Waals surface area contributed by atoms with E-state index in [1.165, 1.54) is 0 Å². The first kappa shape index (κ1) is 16.9. The van der Waals surface area contributed by atoms with Crippen molar-refractivity contribution >= 4 is 5.91 Å². The fourth-order valence-corrected chi connectivity index (χ4v) is 2.67. The van der Waals surface area contributed by atoms with Gasteiger partial charge in [0.1, 0.15) is 5.82 Å². The number of carbonyl (C=O) groups is 1. The summed E-state index contributed by atoms with van der Waals surface area (Å²) in [6.45, 7) is 11.3. The number of nitrogens with one attached hydrogen (secondary N) is 2. The summed E-state index contributed by atoms with van der Waals surface area (Å²) in [5, 5.41) is 10.1. The highest BCUT2D eigenvalue weighted by Gasteiger charge is 2.25. The summed E-state index contributed by atoms with van der Waals surface area (Å²) >= 11 is 0. The number of piperazine rings is 1. The van der Waals surface area contributed by atoms with Crippen molar-refractivity contribution < 1.29 is 4.79 Å². The molecule has 1 atom stereocenters. The Kier molecular flexibility index (Phi) is 6.33. The van der Waals surface area contributed by atoms with E-state index in [1.807, 2.05) is 13.8 Å². The Labute approximate surface area is 132 Å². The molecule has 0 aromatic carbocycles. The van der Waals surface area contributed by atoms with Crippen molar-refractivity contribution in [1.82, 2.24) is 30.3 Å². The summed E-state index contributed by atoms with van der Waals surface area (Å²) in [4.78, 5) is 21.0. The van der Waals surface area contributed by atoms with Gasteiger partial charge in [0.15, 0.2) is 5.82 Å². The van der Waals surface area contributed by atoms with Gasteiger partial charge in [0.25, 0.3) is 0 Å². The Morgan fingerprint density at radius 3 is 2.68 bits per heavy atom. The highest BCUT2D eigenvalue weighted by molar-refractivity contribution is 5.81.